The highest BCUT2D eigenvalue weighted by Crippen LogP contribution is 2.38. The lowest BCUT2D eigenvalue weighted by atomic mass is 9.94. The molecule has 0 amide bonds. The van der Waals surface area contributed by atoms with Crippen molar-refractivity contribution in [3.8, 4) is 5.75 Å². The van der Waals surface area contributed by atoms with Crippen molar-refractivity contribution in [2.75, 3.05) is 61.7 Å². The molecular formula is C34H45N7O2. The minimum atomic E-state index is 0.126. The Hall–Kier alpha value is -3.40. The molecule has 1 aromatic heterocycles. The first-order valence-corrected chi connectivity index (χ1v) is 16.0. The number of piperazine rings is 1. The molecule has 1 atom stereocenters. The summed E-state index contributed by atoms with van der Waals surface area (Å²) in [5, 5.41) is 5.36. The third kappa shape index (κ3) is 6.03. The highest BCUT2D eigenvalue weighted by molar-refractivity contribution is 5.70. The molecule has 1 unspecified atom stereocenters. The van der Waals surface area contributed by atoms with Crippen LogP contribution in [0, 0.1) is 0 Å². The Bertz CT molecular complexity index is 1390. The van der Waals surface area contributed by atoms with Crippen LogP contribution in [0.4, 0.5) is 23.0 Å². The average Bonchev–Trinajstić information content (AvgIpc) is 3.75. The molecule has 0 bridgehead atoms. The quantitative estimate of drug-likeness (QED) is 0.363. The Morgan fingerprint density at radius 1 is 0.884 bits per heavy atom. The number of nitrogens with one attached hydrogen (secondary N) is 1. The molecule has 1 aliphatic carbocycles. The topological polar surface area (TPSA) is 69.2 Å². The minimum absolute atomic E-state index is 0.126. The standard InChI is InChI=1S/C34H45N7O2/c1-34(2)23-39(18-19-40(34)27-9-10-27)26-13-16-38(17-14-26)28-11-12-29(31(21-28)42-3)37-32-22-33(36-24-35-32)41-30(15-20-43-41)25-7-5-4-6-8-25/h4-8,11-12,21-22,24,26-27,30H,9-10,13-20,23H2,1-3H3,(H,35,36,37). The molecule has 43 heavy (non-hydrogen) atoms. The van der Waals surface area contributed by atoms with Crippen molar-refractivity contribution >= 4 is 23.0 Å². The number of nitrogens with zero attached hydrogens (tertiary/aromatic N) is 6. The predicted octanol–water partition coefficient (Wildman–Crippen LogP) is 5.64. The van der Waals surface area contributed by atoms with Crippen molar-refractivity contribution in [1.29, 1.82) is 0 Å². The first kappa shape index (κ1) is 28.4. The molecule has 228 valence electrons. The maximum Gasteiger partial charge on any atom is 0.158 e. The van der Waals surface area contributed by atoms with Crippen molar-refractivity contribution in [2.24, 2.45) is 0 Å². The zero-order chi connectivity index (χ0) is 29.4. The molecular weight excluding hydrogens is 538 g/mol. The summed E-state index contributed by atoms with van der Waals surface area (Å²) >= 11 is 0. The van der Waals surface area contributed by atoms with Gasteiger partial charge in [0.1, 0.15) is 17.9 Å². The summed E-state index contributed by atoms with van der Waals surface area (Å²) in [7, 11) is 1.73. The van der Waals surface area contributed by atoms with Gasteiger partial charge in [0.25, 0.3) is 0 Å². The normalized spacial score (nSPS) is 23.5. The molecule has 9 nitrogen and oxygen atoms in total. The molecule has 1 saturated carbocycles. The van der Waals surface area contributed by atoms with E-state index >= 15 is 0 Å². The third-order valence-electron chi connectivity index (χ3n) is 9.74. The number of piperidine rings is 1. The van der Waals surface area contributed by atoms with Gasteiger partial charge in [0.05, 0.1) is 25.4 Å². The van der Waals surface area contributed by atoms with E-state index in [-0.39, 0.29) is 11.6 Å². The fourth-order valence-corrected chi connectivity index (χ4v) is 7.40. The SMILES string of the molecule is COc1cc(N2CCC(N3CCN(C4CC4)C(C)(C)C3)CC2)ccc1Nc1cc(N2OCCC2c2ccccc2)ncn1. The van der Waals surface area contributed by atoms with E-state index < -0.39 is 0 Å². The number of rotatable bonds is 8. The first-order chi connectivity index (χ1) is 21.0. The summed E-state index contributed by atoms with van der Waals surface area (Å²) in [5.41, 5.74) is 3.58. The Kier molecular flexibility index (Phi) is 7.88. The van der Waals surface area contributed by atoms with E-state index in [0.717, 1.165) is 42.8 Å². The number of ether oxygens (including phenoxy) is 1. The van der Waals surface area contributed by atoms with Gasteiger partial charge in [-0.3, -0.25) is 14.6 Å². The van der Waals surface area contributed by atoms with Crippen LogP contribution in [0.1, 0.15) is 57.6 Å². The summed E-state index contributed by atoms with van der Waals surface area (Å²) in [6.45, 7) is 11.3. The average molecular weight is 584 g/mol. The Morgan fingerprint density at radius 3 is 2.44 bits per heavy atom. The smallest absolute Gasteiger partial charge is 0.158 e. The Balaban J connectivity index is 0.990. The van der Waals surface area contributed by atoms with Crippen LogP contribution >= 0.6 is 0 Å². The molecule has 3 aliphatic heterocycles. The van der Waals surface area contributed by atoms with E-state index in [9.17, 15) is 0 Å². The number of aromatic nitrogens is 2. The molecule has 3 saturated heterocycles. The minimum Gasteiger partial charge on any atom is -0.494 e. The molecule has 7 rings (SSSR count). The fraction of sp³-hybridized carbons (Fsp3) is 0.529. The van der Waals surface area contributed by atoms with Gasteiger partial charge in [0, 0.05) is 74.6 Å². The fourth-order valence-electron chi connectivity index (χ4n) is 7.40. The third-order valence-corrected chi connectivity index (χ3v) is 9.74. The van der Waals surface area contributed by atoms with E-state index in [1.54, 1.807) is 13.4 Å². The van der Waals surface area contributed by atoms with Crippen LogP contribution in [0.3, 0.4) is 0 Å². The van der Waals surface area contributed by atoms with Gasteiger partial charge in [-0.1, -0.05) is 30.3 Å². The zero-order valence-corrected chi connectivity index (χ0v) is 25.8. The lowest BCUT2D eigenvalue weighted by Gasteiger charge is -2.51. The van der Waals surface area contributed by atoms with E-state index in [1.165, 1.54) is 56.6 Å². The molecule has 9 heteroatoms. The van der Waals surface area contributed by atoms with Gasteiger partial charge in [-0.2, -0.15) is 0 Å². The van der Waals surface area contributed by atoms with Crippen LogP contribution in [0.2, 0.25) is 0 Å². The lowest BCUT2D eigenvalue weighted by Crippen LogP contribution is -2.62. The second-order valence-corrected chi connectivity index (χ2v) is 13.1. The van der Waals surface area contributed by atoms with Crippen LogP contribution in [-0.2, 0) is 4.84 Å². The van der Waals surface area contributed by atoms with Crippen LogP contribution in [0.25, 0.3) is 0 Å². The first-order valence-electron chi connectivity index (χ1n) is 16.0. The second-order valence-electron chi connectivity index (χ2n) is 13.1. The van der Waals surface area contributed by atoms with Crippen LogP contribution in [-0.4, -0.2) is 83.8 Å². The maximum atomic E-state index is 5.99. The van der Waals surface area contributed by atoms with E-state index in [0.29, 0.717) is 18.5 Å². The van der Waals surface area contributed by atoms with Gasteiger partial charge in [0.15, 0.2) is 5.82 Å². The number of methoxy groups -OCH3 is 1. The highest BCUT2D eigenvalue weighted by atomic mass is 16.7. The van der Waals surface area contributed by atoms with Gasteiger partial charge in [-0.25, -0.2) is 15.0 Å². The van der Waals surface area contributed by atoms with Crippen molar-refractivity contribution in [2.45, 2.75) is 69.6 Å². The number of hydrogen-bond donors (Lipinski definition) is 1. The van der Waals surface area contributed by atoms with Crippen LogP contribution in [0.15, 0.2) is 60.9 Å². The summed E-state index contributed by atoms with van der Waals surface area (Å²) in [5.74, 6) is 2.24. The summed E-state index contributed by atoms with van der Waals surface area (Å²) < 4.78 is 5.85. The van der Waals surface area contributed by atoms with Gasteiger partial charge >= 0.3 is 0 Å². The highest BCUT2D eigenvalue weighted by Gasteiger charge is 2.43. The largest absolute Gasteiger partial charge is 0.494 e. The molecule has 2 aromatic carbocycles. The molecule has 4 heterocycles. The predicted molar refractivity (Wildman–Crippen MR) is 171 cm³/mol. The molecule has 4 fully saturated rings. The monoisotopic (exact) mass is 583 g/mol. The van der Waals surface area contributed by atoms with Crippen molar-refractivity contribution in [3.05, 3.63) is 66.5 Å². The second kappa shape index (κ2) is 11.9. The summed E-state index contributed by atoms with van der Waals surface area (Å²) in [4.78, 5) is 23.1. The van der Waals surface area contributed by atoms with Crippen molar-refractivity contribution < 1.29 is 9.57 Å². The van der Waals surface area contributed by atoms with Gasteiger partial charge in [0.2, 0.25) is 0 Å². The van der Waals surface area contributed by atoms with E-state index in [2.05, 4.69) is 86.3 Å². The van der Waals surface area contributed by atoms with Gasteiger partial charge in [-0.15, -0.1) is 0 Å². The lowest BCUT2D eigenvalue weighted by molar-refractivity contribution is -0.0100. The Labute approximate surface area is 255 Å². The van der Waals surface area contributed by atoms with Crippen molar-refractivity contribution in [3.63, 3.8) is 0 Å². The molecule has 4 aliphatic rings. The number of anilines is 4. The summed E-state index contributed by atoms with van der Waals surface area (Å²) in [6.07, 6.45) is 7.69. The number of benzene rings is 2. The molecule has 1 N–H and O–H groups in total. The van der Waals surface area contributed by atoms with E-state index in [1.807, 2.05) is 17.2 Å². The number of hydroxylamine groups is 1. The zero-order valence-electron chi connectivity index (χ0n) is 25.8. The molecule has 0 radical (unpaired) electrons. The molecule has 3 aromatic rings. The number of hydrogen-bond acceptors (Lipinski definition) is 9. The van der Waals surface area contributed by atoms with Crippen LogP contribution < -0.4 is 20.0 Å². The van der Waals surface area contributed by atoms with Crippen LogP contribution in [0.5, 0.6) is 5.75 Å². The molecule has 0 spiro atoms. The maximum absolute atomic E-state index is 5.99. The van der Waals surface area contributed by atoms with Gasteiger partial charge in [-0.05, 0) is 57.2 Å². The van der Waals surface area contributed by atoms with Crippen molar-refractivity contribution in [1.82, 2.24) is 19.8 Å². The summed E-state index contributed by atoms with van der Waals surface area (Å²) in [6, 6.07) is 20.5. The Morgan fingerprint density at radius 2 is 1.70 bits per heavy atom. The van der Waals surface area contributed by atoms with E-state index in [4.69, 9.17) is 9.57 Å². The van der Waals surface area contributed by atoms with Gasteiger partial charge < -0.3 is 15.0 Å².